The summed E-state index contributed by atoms with van der Waals surface area (Å²) in [6.45, 7) is 1.44. The number of aromatic amines is 1. The topological polar surface area (TPSA) is 176 Å². The lowest BCUT2D eigenvalue weighted by Gasteiger charge is -1.88. The molecule has 0 amide bonds. The first-order valence-electron chi connectivity index (χ1n) is 3.53. The van der Waals surface area contributed by atoms with E-state index in [0.29, 0.717) is 11.5 Å². The summed E-state index contributed by atoms with van der Waals surface area (Å²) in [5.74, 6) is 0.431. The molecule has 0 bridgehead atoms. The van der Waals surface area contributed by atoms with Gasteiger partial charge in [0.15, 0.2) is 0 Å². The number of nitrogen functional groups attached to an aromatic ring is 2. The molecule has 0 spiro atoms. The predicted octanol–water partition coefficient (Wildman–Crippen LogP) is -1.42. The van der Waals surface area contributed by atoms with Gasteiger partial charge >= 0.3 is 10.4 Å². The van der Waals surface area contributed by atoms with Gasteiger partial charge in [-0.1, -0.05) is 0 Å². The van der Waals surface area contributed by atoms with Crippen LogP contribution in [-0.2, 0) is 14.6 Å². The number of nitrogens with one attached hydrogen (secondary N) is 1. The Kier molecular flexibility index (Phi) is 7.51. The van der Waals surface area contributed by atoms with Crippen LogP contribution in [0, 0.1) is 0 Å². The Morgan fingerprint density at radius 3 is 2.20 bits per heavy atom. The molecule has 10 heteroatoms. The molecule has 1 aromatic rings. The van der Waals surface area contributed by atoms with Gasteiger partial charge in [-0.3, -0.25) is 9.65 Å². The van der Waals surface area contributed by atoms with Crippen molar-refractivity contribution in [3.63, 3.8) is 0 Å². The first-order chi connectivity index (χ1) is 6.37. The van der Waals surface area contributed by atoms with Crippen molar-refractivity contribution in [1.82, 2.24) is 10.2 Å². The largest absolute Gasteiger partial charge is 0.412 e. The third-order valence-corrected chi connectivity index (χ3v) is 1.50. The van der Waals surface area contributed by atoms with Gasteiger partial charge in [0.25, 0.3) is 0 Å². The summed E-state index contributed by atoms with van der Waals surface area (Å²) in [4.78, 5) is 0. The predicted molar refractivity (Wildman–Crippen MR) is 54.2 cm³/mol. The Labute approximate surface area is 86.7 Å². The van der Waals surface area contributed by atoms with Crippen LogP contribution in [0.5, 0.6) is 0 Å². The average molecular weight is 242 g/mol. The molecule has 15 heavy (non-hydrogen) atoms. The summed E-state index contributed by atoms with van der Waals surface area (Å²) in [5.41, 5.74) is 10.9. The van der Waals surface area contributed by atoms with E-state index in [4.69, 9.17) is 16.0 Å². The van der Waals surface area contributed by atoms with Crippen molar-refractivity contribution in [2.24, 2.45) is 0 Å². The van der Waals surface area contributed by atoms with Gasteiger partial charge in [-0.15, -0.1) is 0 Å². The van der Waals surface area contributed by atoms with E-state index in [1.54, 1.807) is 0 Å². The lowest BCUT2D eigenvalue weighted by molar-refractivity contribution is 0.283. The Hall–Kier alpha value is -1.36. The number of rotatable bonds is 2. The highest BCUT2D eigenvalue weighted by molar-refractivity contribution is 7.80. The number of hydrogen-bond donors (Lipinski definition) is 4. The zero-order valence-electron chi connectivity index (χ0n) is 7.97. The summed E-state index contributed by atoms with van der Waals surface area (Å²) < 4.78 is 30.7. The minimum atomic E-state index is -4.17. The molecule has 0 aliphatic rings. The molecule has 0 aliphatic carbocycles. The second-order valence-electron chi connectivity index (χ2n) is 2.07. The molecule has 0 atom stereocenters. The molecule has 0 saturated carbocycles. The summed E-state index contributed by atoms with van der Waals surface area (Å²) >= 11 is 0. The quantitative estimate of drug-likeness (QED) is 0.459. The smallest absolute Gasteiger partial charge is 0.397 e. The summed E-state index contributed by atoms with van der Waals surface area (Å²) in [5, 5.41) is 6.02. The van der Waals surface area contributed by atoms with Crippen LogP contribution in [-0.4, -0.2) is 35.3 Å². The molecule has 0 fully saturated rings. The fraction of sp³-hybridized carbons (Fsp3) is 0.400. The van der Waals surface area contributed by atoms with Gasteiger partial charge < -0.3 is 16.9 Å². The number of anilines is 2. The van der Waals surface area contributed by atoms with Crippen molar-refractivity contribution < 1.29 is 22.6 Å². The van der Waals surface area contributed by atoms with Crippen LogP contribution in [0.1, 0.15) is 6.92 Å². The Bertz CT molecular complexity index is 345. The van der Waals surface area contributed by atoms with Crippen molar-refractivity contribution in [3.05, 3.63) is 6.20 Å². The number of hydrogen-bond acceptors (Lipinski definition) is 6. The highest BCUT2D eigenvalue weighted by Crippen LogP contribution is 2.04. The second kappa shape index (κ2) is 7.00. The van der Waals surface area contributed by atoms with Crippen molar-refractivity contribution >= 4 is 21.9 Å². The minimum absolute atomic E-state index is 0. The van der Waals surface area contributed by atoms with Gasteiger partial charge in [-0.05, 0) is 6.92 Å². The van der Waals surface area contributed by atoms with E-state index in [1.165, 1.54) is 13.1 Å². The second-order valence-corrected chi connectivity index (χ2v) is 3.16. The molecule has 1 aromatic heterocycles. The molecule has 0 radical (unpaired) electrons. The lowest BCUT2D eigenvalue weighted by Crippen LogP contribution is -2.01. The van der Waals surface area contributed by atoms with Gasteiger partial charge in [0.2, 0.25) is 0 Å². The highest BCUT2D eigenvalue weighted by Gasteiger charge is 1.98. The first-order valence-corrected chi connectivity index (χ1v) is 4.89. The van der Waals surface area contributed by atoms with Gasteiger partial charge in [0.1, 0.15) is 5.82 Å². The molecule has 0 saturated heterocycles. The third kappa shape index (κ3) is 8.96. The van der Waals surface area contributed by atoms with Crippen LogP contribution in [0.15, 0.2) is 6.20 Å². The third-order valence-electron chi connectivity index (χ3n) is 0.966. The standard InChI is InChI=1S/C3H6N4.C2H6O4S.H2O/c4-2-1-6-7-3(2)5;1-2-6-7(3,4)5;/h1H,4H2,(H3,5,6,7);2H2,1H3,(H,3,4,5);1H2. The first kappa shape index (κ1) is 16.1. The van der Waals surface area contributed by atoms with E-state index in [-0.39, 0.29) is 12.1 Å². The Morgan fingerprint density at radius 1 is 1.60 bits per heavy atom. The monoisotopic (exact) mass is 242 g/mol. The molecule has 1 rings (SSSR count). The van der Waals surface area contributed by atoms with Crippen LogP contribution in [0.25, 0.3) is 0 Å². The molecule has 0 unspecified atom stereocenters. The Balaban J connectivity index is 0. The van der Waals surface area contributed by atoms with E-state index >= 15 is 0 Å². The van der Waals surface area contributed by atoms with E-state index < -0.39 is 10.4 Å². The molecule has 1 heterocycles. The molecular formula is C5H14N4O5S. The maximum atomic E-state index is 9.56. The number of aromatic nitrogens is 2. The van der Waals surface area contributed by atoms with Gasteiger partial charge in [0.05, 0.1) is 18.5 Å². The molecule has 0 aliphatic heterocycles. The molecule has 90 valence electrons. The molecule has 9 nitrogen and oxygen atoms in total. The number of nitrogens with zero attached hydrogens (tertiary/aromatic N) is 1. The van der Waals surface area contributed by atoms with Crippen LogP contribution in [0.2, 0.25) is 0 Å². The van der Waals surface area contributed by atoms with Crippen LogP contribution in [0.3, 0.4) is 0 Å². The summed E-state index contributed by atoms with van der Waals surface area (Å²) in [7, 11) is -4.17. The molecule has 0 aromatic carbocycles. The zero-order chi connectivity index (χ0) is 11.2. The summed E-state index contributed by atoms with van der Waals surface area (Å²) in [6, 6.07) is 0. The van der Waals surface area contributed by atoms with Gasteiger partial charge in [-0.25, -0.2) is 4.18 Å². The SMILES string of the molecule is CCOS(=O)(=O)O.Nc1cn[nH]c1N.O. The van der Waals surface area contributed by atoms with Crippen molar-refractivity contribution in [2.45, 2.75) is 6.92 Å². The van der Waals surface area contributed by atoms with Gasteiger partial charge in [0, 0.05) is 0 Å². The van der Waals surface area contributed by atoms with E-state index in [2.05, 4.69) is 14.4 Å². The van der Waals surface area contributed by atoms with Crippen LogP contribution < -0.4 is 11.5 Å². The molecular weight excluding hydrogens is 228 g/mol. The maximum Gasteiger partial charge on any atom is 0.397 e. The van der Waals surface area contributed by atoms with E-state index in [1.807, 2.05) is 0 Å². The minimum Gasteiger partial charge on any atom is -0.412 e. The maximum absolute atomic E-state index is 9.56. The van der Waals surface area contributed by atoms with E-state index in [9.17, 15) is 8.42 Å². The fourth-order valence-electron chi connectivity index (χ4n) is 0.454. The fourth-order valence-corrected chi connectivity index (χ4v) is 0.752. The van der Waals surface area contributed by atoms with Crippen molar-refractivity contribution in [1.29, 1.82) is 0 Å². The van der Waals surface area contributed by atoms with Crippen LogP contribution >= 0.6 is 0 Å². The summed E-state index contributed by atoms with van der Waals surface area (Å²) in [6.07, 6.45) is 1.47. The average Bonchev–Trinajstić information content (AvgIpc) is 2.35. The number of H-pyrrole nitrogens is 1. The van der Waals surface area contributed by atoms with Gasteiger partial charge in [-0.2, -0.15) is 13.5 Å². The Morgan fingerprint density at radius 2 is 2.13 bits per heavy atom. The highest BCUT2D eigenvalue weighted by atomic mass is 32.3. The molecule has 8 N–H and O–H groups in total. The normalized spacial score (nSPS) is 9.73. The van der Waals surface area contributed by atoms with Crippen LogP contribution in [0.4, 0.5) is 11.5 Å². The zero-order valence-corrected chi connectivity index (χ0v) is 8.78. The van der Waals surface area contributed by atoms with Crippen molar-refractivity contribution in [2.75, 3.05) is 18.1 Å². The lowest BCUT2D eigenvalue weighted by atomic mass is 10.6. The van der Waals surface area contributed by atoms with E-state index in [0.717, 1.165) is 0 Å². The number of nitrogens with two attached hydrogens (primary N) is 2. The van der Waals surface area contributed by atoms with Crippen molar-refractivity contribution in [3.8, 4) is 0 Å².